The average molecular weight is 284 g/mol. The zero-order valence-corrected chi connectivity index (χ0v) is 12.3. The Bertz CT molecular complexity index is 590. The molecule has 1 heterocycles. The maximum atomic E-state index is 13.1. The zero-order chi connectivity index (χ0) is 14.7. The van der Waals surface area contributed by atoms with Crippen molar-refractivity contribution < 1.29 is 4.39 Å². The van der Waals surface area contributed by atoms with Gasteiger partial charge in [-0.3, -0.25) is 4.98 Å². The van der Waals surface area contributed by atoms with Crippen LogP contribution in [0, 0.1) is 5.82 Å². The molecule has 0 amide bonds. The lowest BCUT2D eigenvalue weighted by molar-refractivity contribution is 0.414. The van der Waals surface area contributed by atoms with E-state index in [1.165, 1.54) is 42.7 Å². The molecule has 0 radical (unpaired) electrons. The van der Waals surface area contributed by atoms with Gasteiger partial charge in [-0.2, -0.15) is 0 Å². The van der Waals surface area contributed by atoms with E-state index in [0.717, 1.165) is 12.2 Å². The van der Waals surface area contributed by atoms with E-state index in [1.807, 2.05) is 0 Å². The van der Waals surface area contributed by atoms with Gasteiger partial charge in [-0.1, -0.05) is 37.6 Å². The van der Waals surface area contributed by atoms with E-state index >= 15 is 0 Å². The summed E-state index contributed by atoms with van der Waals surface area (Å²) in [4.78, 5) is 4.28. The summed E-state index contributed by atoms with van der Waals surface area (Å²) in [6, 6.07) is 11.9. The molecule has 1 N–H and O–H groups in total. The van der Waals surface area contributed by atoms with Gasteiger partial charge in [-0.15, -0.1) is 0 Å². The zero-order valence-electron chi connectivity index (χ0n) is 12.3. The molecule has 3 rings (SSSR count). The van der Waals surface area contributed by atoms with Crippen LogP contribution in [0.3, 0.4) is 0 Å². The van der Waals surface area contributed by atoms with Crippen molar-refractivity contribution >= 4 is 0 Å². The quantitative estimate of drug-likeness (QED) is 0.890. The van der Waals surface area contributed by atoms with Crippen LogP contribution in [-0.2, 0) is 0 Å². The number of nitrogens with zero attached hydrogens (tertiary/aromatic N) is 1. The molecule has 1 aromatic carbocycles. The first-order valence-electron chi connectivity index (χ1n) is 7.73. The standard InChI is InChI=1S/C18H21FN2/c1-2-20-18(17-11-10-14(19)12-21-17)16-9-4-3-8-15(16)13-6-5-7-13/h3-4,8-13,18,20H,2,5-7H2,1H3. The second kappa shape index (κ2) is 6.35. The predicted octanol–water partition coefficient (Wildman–Crippen LogP) is 4.19. The Labute approximate surface area is 125 Å². The van der Waals surface area contributed by atoms with E-state index in [1.54, 1.807) is 6.07 Å². The van der Waals surface area contributed by atoms with Gasteiger partial charge in [0.1, 0.15) is 5.82 Å². The molecule has 21 heavy (non-hydrogen) atoms. The molecule has 1 aliphatic rings. The van der Waals surface area contributed by atoms with Crippen molar-refractivity contribution in [1.29, 1.82) is 0 Å². The van der Waals surface area contributed by atoms with Gasteiger partial charge in [-0.05, 0) is 48.6 Å². The highest BCUT2D eigenvalue weighted by molar-refractivity contribution is 5.38. The van der Waals surface area contributed by atoms with Crippen molar-refractivity contribution in [2.45, 2.75) is 38.1 Å². The molecule has 110 valence electrons. The Kier molecular flexibility index (Phi) is 4.30. The van der Waals surface area contributed by atoms with Gasteiger partial charge >= 0.3 is 0 Å². The summed E-state index contributed by atoms with van der Waals surface area (Å²) in [6.07, 6.45) is 5.16. The third kappa shape index (κ3) is 2.98. The summed E-state index contributed by atoms with van der Waals surface area (Å²) in [7, 11) is 0. The number of hydrogen-bond acceptors (Lipinski definition) is 2. The van der Waals surface area contributed by atoms with Gasteiger partial charge in [0.2, 0.25) is 0 Å². The number of aromatic nitrogens is 1. The normalized spacial score (nSPS) is 16.5. The highest BCUT2D eigenvalue weighted by atomic mass is 19.1. The predicted molar refractivity (Wildman–Crippen MR) is 82.7 cm³/mol. The Morgan fingerprint density at radius 1 is 1.24 bits per heavy atom. The molecule has 1 fully saturated rings. The maximum Gasteiger partial charge on any atom is 0.141 e. The fraction of sp³-hybridized carbons (Fsp3) is 0.389. The van der Waals surface area contributed by atoms with Gasteiger partial charge in [0, 0.05) is 0 Å². The number of halogens is 1. The van der Waals surface area contributed by atoms with Crippen molar-refractivity contribution in [3.8, 4) is 0 Å². The van der Waals surface area contributed by atoms with Crippen molar-refractivity contribution in [2.24, 2.45) is 0 Å². The molecule has 0 bridgehead atoms. The van der Waals surface area contributed by atoms with Crippen LogP contribution in [0.2, 0.25) is 0 Å². The molecule has 1 aromatic heterocycles. The molecule has 1 unspecified atom stereocenters. The monoisotopic (exact) mass is 284 g/mol. The second-order valence-corrected chi connectivity index (χ2v) is 5.65. The molecule has 2 nitrogen and oxygen atoms in total. The number of rotatable bonds is 5. The molecule has 2 aromatic rings. The van der Waals surface area contributed by atoms with Gasteiger partial charge in [-0.25, -0.2) is 4.39 Å². The third-order valence-corrected chi connectivity index (χ3v) is 4.31. The Morgan fingerprint density at radius 2 is 2.05 bits per heavy atom. The first-order chi connectivity index (χ1) is 10.3. The second-order valence-electron chi connectivity index (χ2n) is 5.65. The van der Waals surface area contributed by atoms with E-state index in [-0.39, 0.29) is 11.9 Å². The van der Waals surface area contributed by atoms with Gasteiger partial charge < -0.3 is 5.32 Å². The van der Waals surface area contributed by atoms with Crippen molar-refractivity contribution in [3.63, 3.8) is 0 Å². The van der Waals surface area contributed by atoms with Crippen molar-refractivity contribution in [2.75, 3.05) is 6.54 Å². The molecular formula is C18H21FN2. The summed E-state index contributed by atoms with van der Waals surface area (Å²) < 4.78 is 13.1. The summed E-state index contributed by atoms with van der Waals surface area (Å²) in [5.74, 6) is 0.379. The Hall–Kier alpha value is -1.74. The highest BCUT2D eigenvalue weighted by Crippen LogP contribution is 2.40. The topological polar surface area (TPSA) is 24.9 Å². The lowest BCUT2D eigenvalue weighted by Crippen LogP contribution is -2.25. The van der Waals surface area contributed by atoms with E-state index in [4.69, 9.17) is 0 Å². The van der Waals surface area contributed by atoms with Crippen LogP contribution in [0.1, 0.15) is 55.0 Å². The van der Waals surface area contributed by atoms with Crippen LogP contribution in [-0.4, -0.2) is 11.5 Å². The lowest BCUT2D eigenvalue weighted by Gasteiger charge is -2.30. The molecule has 1 saturated carbocycles. The minimum atomic E-state index is -0.290. The first kappa shape index (κ1) is 14.2. The number of nitrogens with one attached hydrogen (secondary N) is 1. The summed E-state index contributed by atoms with van der Waals surface area (Å²) in [5.41, 5.74) is 3.58. The molecule has 0 spiro atoms. The van der Waals surface area contributed by atoms with Gasteiger partial charge in [0.05, 0.1) is 17.9 Å². The van der Waals surface area contributed by atoms with Crippen LogP contribution in [0.15, 0.2) is 42.6 Å². The van der Waals surface area contributed by atoms with Gasteiger partial charge in [0.15, 0.2) is 0 Å². The van der Waals surface area contributed by atoms with E-state index in [0.29, 0.717) is 5.92 Å². The smallest absolute Gasteiger partial charge is 0.141 e. The molecule has 1 aliphatic carbocycles. The molecule has 1 atom stereocenters. The third-order valence-electron chi connectivity index (χ3n) is 4.31. The molecule has 3 heteroatoms. The largest absolute Gasteiger partial charge is 0.305 e. The number of benzene rings is 1. The Balaban J connectivity index is 1.99. The molecule has 0 saturated heterocycles. The SMILES string of the molecule is CCNC(c1ccc(F)cn1)c1ccccc1C1CCC1. The van der Waals surface area contributed by atoms with Crippen LogP contribution < -0.4 is 5.32 Å². The Morgan fingerprint density at radius 3 is 2.67 bits per heavy atom. The van der Waals surface area contributed by atoms with Crippen molar-refractivity contribution in [1.82, 2.24) is 10.3 Å². The van der Waals surface area contributed by atoms with Crippen LogP contribution in [0.25, 0.3) is 0 Å². The molecule has 0 aliphatic heterocycles. The first-order valence-corrected chi connectivity index (χ1v) is 7.73. The fourth-order valence-corrected chi connectivity index (χ4v) is 3.00. The molecular weight excluding hydrogens is 263 g/mol. The highest BCUT2D eigenvalue weighted by Gasteiger charge is 2.25. The summed E-state index contributed by atoms with van der Waals surface area (Å²) in [5, 5.41) is 3.49. The number of hydrogen-bond donors (Lipinski definition) is 1. The average Bonchev–Trinajstić information content (AvgIpc) is 2.45. The van der Waals surface area contributed by atoms with E-state index < -0.39 is 0 Å². The van der Waals surface area contributed by atoms with Crippen molar-refractivity contribution in [3.05, 3.63) is 65.2 Å². The van der Waals surface area contributed by atoms with Gasteiger partial charge in [0.25, 0.3) is 0 Å². The van der Waals surface area contributed by atoms with Crippen LogP contribution in [0.4, 0.5) is 4.39 Å². The summed E-state index contributed by atoms with van der Waals surface area (Å²) in [6.45, 7) is 2.94. The summed E-state index contributed by atoms with van der Waals surface area (Å²) >= 11 is 0. The van der Waals surface area contributed by atoms with Crippen LogP contribution in [0.5, 0.6) is 0 Å². The lowest BCUT2D eigenvalue weighted by atomic mass is 9.77. The van der Waals surface area contributed by atoms with Crippen LogP contribution >= 0.6 is 0 Å². The van der Waals surface area contributed by atoms with E-state index in [2.05, 4.69) is 41.5 Å². The minimum absolute atomic E-state index is 0.0346. The fourth-order valence-electron chi connectivity index (χ4n) is 3.00. The number of pyridine rings is 1. The van der Waals surface area contributed by atoms with E-state index in [9.17, 15) is 4.39 Å². The minimum Gasteiger partial charge on any atom is -0.305 e. The maximum absolute atomic E-state index is 13.1.